The van der Waals surface area contributed by atoms with Crippen molar-refractivity contribution in [2.45, 2.75) is 12.5 Å². The van der Waals surface area contributed by atoms with Crippen LogP contribution in [0.1, 0.15) is 16.8 Å². The number of carbonyl (C=O) groups excluding carboxylic acids is 1. The van der Waals surface area contributed by atoms with Gasteiger partial charge < -0.3 is 15.8 Å². The van der Waals surface area contributed by atoms with Gasteiger partial charge in [-0.15, -0.1) is 0 Å². The van der Waals surface area contributed by atoms with E-state index in [9.17, 15) is 9.18 Å². The summed E-state index contributed by atoms with van der Waals surface area (Å²) in [6.07, 6.45) is 0.808. The summed E-state index contributed by atoms with van der Waals surface area (Å²) >= 11 is 0. The van der Waals surface area contributed by atoms with Gasteiger partial charge in [-0.05, 0) is 24.6 Å². The molecule has 1 aromatic rings. The van der Waals surface area contributed by atoms with E-state index in [1.54, 1.807) is 0 Å². The van der Waals surface area contributed by atoms with Gasteiger partial charge in [0.15, 0.2) is 0 Å². The Morgan fingerprint density at radius 3 is 3.00 bits per heavy atom. The average molecular weight is 224 g/mol. The van der Waals surface area contributed by atoms with Crippen molar-refractivity contribution < 1.29 is 13.9 Å². The van der Waals surface area contributed by atoms with Crippen LogP contribution in [-0.4, -0.2) is 25.2 Å². The third-order valence-electron chi connectivity index (χ3n) is 2.52. The van der Waals surface area contributed by atoms with Crippen LogP contribution < -0.4 is 11.1 Å². The van der Waals surface area contributed by atoms with Crippen molar-refractivity contribution in [2.24, 2.45) is 0 Å². The zero-order chi connectivity index (χ0) is 11.5. The predicted octanol–water partition coefficient (Wildman–Crippen LogP) is 0.927. The maximum absolute atomic E-state index is 12.9. The number of anilines is 1. The monoisotopic (exact) mass is 224 g/mol. The molecular weight excluding hydrogens is 211 g/mol. The molecule has 16 heavy (non-hydrogen) atoms. The smallest absolute Gasteiger partial charge is 0.251 e. The van der Waals surface area contributed by atoms with Gasteiger partial charge in [0, 0.05) is 12.2 Å². The van der Waals surface area contributed by atoms with Crippen LogP contribution >= 0.6 is 0 Å². The summed E-state index contributed by atoms with van der Waals surface area (Å²) in [5, 5.41) is 2.80. The van der Waals surface area contributed by atoms with Crippen LogP contribution in [-0.2, 0) is 4.74 Å². The molecule has 3 N–H and O–H groups in total. The maximum atomic E-state index is 12.9. The van der Waals surface area contributed by atoms with Crippen molar-refractivity contribution in [2.75, 3.05) is 18.9 Å². The molecule has 5 heteroatoms. The Morgan fingerprint density at radius 2 is 2.38 bits per heavy atom. The van der Waals surface area contributed by atoms with E-state index in [1.165, 1.54) is 18.2 Å². The van der Waals surface area contributed by atoms with E-state index >= 15 is 0 Å². The lowest BCUT2D eigenvalue weighted by atomic mass is 10.1. The molecule has 0 saturated carbocycles. The molecular formula is C11H13FN2O2. The minimum Gasteiger partial charge on any atom is -0.396 e. The number of carbonyl (C=O) groups is 1. The number of nitrogen functional groups attached to an aromatic ring is 1. The Labute approximate surface area is 92.6 Å². The van der Waals surface area contributed by atoms with Crippen LogP contribution in [0.5, 0.6) is 0 Å². The van der Waals surface area contributed by atoms with Gasteiger partial charge >= 0.3 is 0 Å². The van der Waals surface area contributed by atoms with Gasteiger partial charge in [0.25, 0.3) is 5.91 Å². The van der Waals surface area contributed by atoms with Crippen molar-refractivity contribution in [3.05, 3.63) is 29.6 Å². The summed E-state index contributed by atoms with van der Waals surface area (Å²) in [5.41, 5.74) is 5.74. The highest BCUT2D eigenvalue weighted by Crippen LogP contribution is 2.13. The molecule has 2 rings (SSSR count). The Kier molecular flexibility index (Phi) is 3.05. The van der Waals surface area contributed by atoms with Crippen LogP contribution in [0.4, 0.5) is 10.1 Å². The second kappa shape index (κ2) is 4.49. The second-order valence-corrected chi connectivity index (χ2v) is 3.77. The minimum absolute atomic E-state index is 0.0182. The lowest BCUT2D eigenvalue weighted by molar-refractivity contribution is 0.0930. The quantitative estimate of drug-likeness (QED) is 0.734. The van der Waals surface area contributed by atoms with E-state index in [4.69, 9.17) is 10.5 Å². The Bertz CT molecular complexity index is 403. The Hall–Kier alpha value is -1.62. The van der Waals surface area contributed by atoms with E-state index in [0.717, 1.165) is 6.42 Å². The molecule has 1 heterocycles. The first-order chi connectivity index (χ1) is 7.66. The molecule has 1 aliphatic heterocycles. The number of nitrogens with one attached hydrogen (secondary N) is 1. The highest BCUT2D eigenvalue weighted by Gasteiger charge is 2.18. The third kappa shape index (κ3) is 2.30. The fourth-order valence-electron chi connectivity index (χ4n) is 1.60. The molecule has 0 radical (unpaired) electrons. The van der Waals surface area contributed by atoms with Crippen LogP contribution in [0, 0.1) is 5.82 Å². The van der Waals surface area contributed by atoms with Gasteiger partial charge in [-0.3, -0.25) is 4.79 Å². The van der Waals surface area contributed by atoms with E-state index in [-0.39, 0.29) is 17.6 Å². The first kappa shape index (κ1) is 10.9. The number of nitrogens with two attached hydrogens (primary N) is 1. The molecule has 1 atom stereocenters. The standard InChI is InChI=1S/C11H13FN2O2/c12-9-2-1-7(5-10(9)13)11(15)14-8-3-4-16-6-8/h1-2,5,8H,3-4,6,13H2,(H,14,15). The molecule has 1 amide bonds. The van der Waals surface area contributed by atoms with Crippen molar-refractivity contribution in [1.29, 1.82) is 0 Å². The fraction of sp³-hybridized carbons (Fsp3) is 0.364. The van der Waals surface area contributed by atoms with Crippen molar-refractivity contribution in [1.82, 2.24) is 5.32 Å². The average Bonchev–Trinajstić information content (AvgIpc) is 2.74. The Balaban J connectivity index is 2.05. The van der Waals surface area contributed by atoms with Gasteiger partial charge in [-0.2, -0.15) is 0 Å². The molecule has 1 aromatic carbocycles. The normalized spacial score (nSPS) is 19.7. The van der Waals surface area contributed by atoms with Crippen molar-refractivity contribution in [3.63, 3.8) is 0 Å². The molecule has 1 aliphatic rings. The van der Waals surface area contributed by atoms with Crippen molar-refractivity contribution >= 4 is 11.6 Å². The molecule has 0 aliphatic carbocycles. The molecule has 4 nitrogen and oxygen atoms in total. The third-order valence-corrected chi connectivity index (χ3v) is 2.52. The first-order valence-corrected chi connectivity index (χ1v) is 5.10. The van der Waals surface area contributed by atoms with Crippen molar-refractivity contribution in [3.8, 4) is 0 Å². The fourth-order valence-corrected chi connectivity index (χ4v) is 1.60. The zero-order valence-corrected chi connectivity index (χ0v) is 8.70. The van der Waals surface area contributed by atoms with E-state index in [1.807, 2.05) is 0 Å². The zero-order valence-electron chi connectivity index (χ0n) is 8.70. The SMILES string of the molecule is Nc1cc(C(=O)NC2CCOC2)ccc1F. The van der Waals surface area contributed by atoms with Gasteiger partial charge in [-0.1, -0.05) is 0 Å². The number of hydrogen-bond acceptors (Lipinski definition) is 3. The van der Waals surface area contributed by atoms with E-state index in [2.05, 4.69) is 5.32 Å². The second-order valence-electron chi connectivity index (χ2n) is 3.77. The van der Waals surface area contributed by atoms with Gasteiger partial charge in [0.05, 0.1) is 18.3 Å². The van der Waals surface area contributed by atoms with E-state index < -0.39 is 5.82 Å². The highest BCUT2D eigenvalue weighted by molar-refractivity contribution is 5.95. The summed E-state index contributed by atoms with van der Waals surface area (Å²) in [6, 6.07) is 3.98. The molecule has 0 spiro atoms. The summed E-state index contributed by atoms with van der Waals surface area (Å²) in [5.74, 6) is -0.761. The highest BCUT2D eigenvalue weighted by atomic mass is 19.1. The van der Waals surface area contributed by atoms with Crippen LogP contribution in [0.2, 0.25) is 0 Å². The molecule has 0 bridgehead atoms. The van der Waals surface area contributed by atoms with Gasteiger partial charge in [0.2, 0.25) is 0 Å². The number of ether oxygens (including phenoxy) is 1. The first-order valence-electron chi connectivity index (χ1n) is 5.10. The lowest BCUT2D eigenvalue weighted by Crippen LogP contribution is -2.35. The molecule has 86 valence electrons. The van der Waals surface area contributed by atoms with Crippen LogP contribution in [0.15, 0.2) is 18.2 Å². The topological polar surface area (TPSA) is 64.4 Å². The molecule has 1 fully saturated rings. The number of amides is 1. The molecule has 0 aromatic heterocycles. The summed E-state index contributed by atoms with van der Waals surface area (Å²) < 4.78 is 18.0. The molecule has 1 saturated heterocycles. The number of hydrogen-bond donors (Lipinski definition) is 2. The maximum Gasteiger partial charge on any atom is 0.251 e. The minimum atomic E-state index is -0.513. The number of benzene rings is 1. The van der Waals surface area contributed by atoms with Crippen LogP contribution in [0.3, 0.4) is 0 Å². The Morgan fingerprint density at radius 1 is 1.56 bits per heavy atom. The summed E-state index contributed by atoms with van der Waals surface area (Å²) in [4.78, 5) is 11.7. The predicted molar refractivity (Wildman–Crippen MR) is 57.5 cm³/mol. The number of rotatable bonds is 2. The van der Waals surface area contributed by atoms with Crippen LogP contribution in [0.25, 0.3) is 0 Å². The van der Waals surface area contributed by atoms with Gasteiger partial charge in [0.1, 0.15) is 5.82 Å². The largest absolute Gasteiger partial charge is 0.396 e. The summed E-state index contributed by atoms with van der Waals surface area (Å²) in [6.45, 7) is 1.19. The van der Waals surface area contributed by atoms with Gasteiger partial charge in [-0.25, -0.2) is 4.39 Å². The lowest BCUT2D eigenvalue weighted by Gasteiger charge is -2.10. The summed E-state index contributed by atoms with van der Waals surface area (Å²) in [7, 11) is 0. The molecule has 1 unspecified atom stereocenters. The van der Waals surface area contributed by atoms with E-state index in [0.29, 0.717) is 18.8 Å². The number of halogens is 1.